The van der Waals surface area contributed by atoms with Gasteiger partial charge in [0.2, 0.25) is 0 Å². The average Bonchev–Trinajstić information content (AvgIpc) is 2.54. The monoisotopic (exact) mass is 247 g/mol. The van der Waals surface area contributed by atoms with E-state index in [9.17, 15) is 0 Å². The third kappa shape index (κ3) is 3.41. The van der Waals surface area contributed by atoms with Crippen molar-refractivity contribution in [1.82, 2.24) is 10.3 Å². The Kier molecular flexibility index (Phi) is 6.51. The van der Waals surface area contributed by atoms with Crippen molar-refractivity contribution in [2.75, 3.05) is 12.3 Å². The summed E-state index contributed by atoms with van der Waals surface area (Å²) in [6.45, 7) is 3.32. The smallest absolute Gasteiger partial charge is 0.180 e. The first-order chi connectivity index (χ1) is 6.79. The highest BCUT2D eigenvalue weighted by Crippen LogP contribution is 2.27. The number of nitrogens with zero attached hydrogens (tertiary/aromatic N) is 1. The van der Waals surface area contributed by atoms with E-state index >= 15 is 0 Å². The molecule has 0 amide bonds. The molecule has 94 valence electrons. The summed E-state index contributed by atoms with van der Waals surface area (Å²) in [6.07, 6.45) is 4.61. The number of hydrogen-bond donors (Lipinski definition) is 2. The van der Waals surface area contributed by atoms with Gasteiger partial charge in [-0.2, -0.15) is 0 Å². The molecule has 1 aromatic heterocycles. The van der Waals surface area contributed by atoms with Gasteiger partial charge in [-0.1, -0.05) is 6.92 Å². The fourth-order valence-electron chi connectivity index (χ4n) is 1.92. The number of aryl methyl sites for hydroxylation is 1. The lowest BCUT2D eigenvalue weighted by Gasteiger charge is -2.21. The Balaban J connectivity index is 0.00000112. The number of fused-ring (bicyclic) bond motifs is 1. The number of rotatable bonds is 3. The summed E-state index contributed by atoms with van der Waals surface area (Å²) in [5.41, 5.74) is 6.93. The molecule has 0 unspecified atom stereocenters. The zero-order valence-electron chi connectivity index (χ0n) is 9.55. The third-order valence-corrected chi connectivity index (χ3v) is 3.59. The molecule has 0 radical (unpaired) electrons. The molecule has 1 heterocycles. The lowest BCUT2D eigenvalue weighted by Crippen LogP contribution is -2.34. The Hall–Kier alpha value is -0.690. The Bertz CT molecular complexity index is 317. The van der Waals surface area contributed by atoms with Crippen LogP contribution in [0.3, 0.4) is 0 Å². The van der Waals surface area contributed by atoms with Gasteiger partial charge in [0.05, 0.1) is 5.69 Å². The van der Waals surface area contributed by atoms with Gasteiger partial charge in [0.15, 0.2) is 5.13 Å². The van der Waals surface area contributed by atoms with Crippen LogP contribution in [0.5, 0.6) is 0 Å². The van der Waals surface area contributed by atoms with E-state index in [0.717, 1.165) is 24.5 Å². The van der Waals surface area contributed by atoms with E-state index in [1.54, 1.807) is 11.3 Å². The molecule has 2 rings (SSSR count). The summed E-state index contributed by atoms with van der Waals surface area (Å²) in [6, 6.07) is 0.641. The zero-order chi connectivity index (χ0) is 9.97. The molecule has 0 fully saturated rings. The molecule has 0 saturated heterocycles. The number of aromatic nitrogens is 1. The van der Waals surface area contributed by atoms with Crippen LogP contribution in [0.1, 0.15) is 30.3 Å². The van der Waals surface area contributed by atoms with Crippen molar-refractivity contribution in [2.24, 2.45) is 0 Å². The average molecular weight is 247 g/mol. The normalized spacial score (nSPS) is 18.2. The summed E-state index contributed by atoms with van der Waals surface area (Å²) < 4.78 is 0. The molecule has 7 N–H and O–H groups in total. The van der Waals surface area contributed by atoms with Crippen LogP contribution < -0.4 is 11.1 Å². The Morgan fingerprint density at radius 2 is 2.25 bits per heavy atom. The van der Waals surface area contributed by atoms with E-state index in [0.29, 0.717) is 6.04 Å². The van der Waals surface area contributed by atoms with Crippen molar-refractivity contribution in [2.45, 2.75) is 38.6 Å². The summed E-state index contributed by atoms with van der Waals surface area (Å²) in [5.74, 6) is 0. The number of nitrogens with two attached hydrogens (primary N) is 1. The SMILES string of the molecule is CCCN[C@H]1CCc2nc(N)sc2C1.O.O. The number of anilines is 1. The van der Waals surface area contributed by atoms with E-state index < -0.39 is 0 Å². The highest BCUT2D eigenvalue weighted by atomic mass is 32.1. The van der Waals surface area contributed by atoms with Gasteiger partial charge in [0.1, 0.15) is 0 Å². The number of nitrogens with one attached hydrogen (secondary N) is 1. The van der Waals surface area contributed by atoms with Crippen LogP contribution in [0.15, 0.2) is 0 Å². The molecular formula is C10H21N3O2S. The van der Waals surface area contributed by atoms with E-state index in [1.807, 2.05) is 0 Å². The largest absolute Gasteiger partial charge is 0.412 e. The maximum absolute atomic E-state index is 5.69. The van der Waals surface area contributed by atoms with Crippen molar-refractivity contribution in [3.05, 3.63) is 10.6 Å². The molecule has 0 aliphatic heterocycles. The fourth-order valence-corrected chi connectivity index (χ4v) is 2.88. The minimum absolute atomic E-state index is 0. The first-order valence-electron chi connectivity index (χ1n) is 5.27. The van der Waals surface area contributed by atoms with Crippen LogP contribution in [-0.4, -0.2) is 28.5 Å². The molecule has 0 spiro atoms. The van der Waals surface area contributed by atoms with Crippen LogP contribution in [0.25, 0.3) is 0 Å². The van der Waals surface area contributed by atoms with Gasteiger partial charge in [-0.05, 0) is 32.2 Å². The Morgan fingerprint density at radius 3 is 2.94 bits per heavy atom. The van der Waals surface area contributed by atoms with Crippen LogP contribution in [0.2, 0.25) is 0 Å². The van der Waals surface area contributed by atoms with Crippen molar-refractivity contribution >= 4 is 16.5 Å². The summed E-state index contributed by atoms with van der Waals surface area (Å²) in [5, 5.41) is 4.29. The van der Waals surface area contributed by atoms with Gasteiger partial charge in [-0.25, -0.2) is 4.98 Å². The molecule has 1 aliphatic carbocycles. The second-order valence-electron chi connectivity index (χ2n) is 3.82. The first-order valence-corrected chi connectivity index (χ1v) is 6.08. The second kappa shape index (κ2) is 6.80. The van der Waals surface area contributed by atoms with Gasteiger partial charge < -0.3 is 22.0 Å². The minimum Gasteiger partial charge on any atom is -0.412 e. The van der Waals surface area contributed by atoms with Gasteiger partial charge in [0.25, 0.3) is 0 Å². The highest BCUT2D eigenvalue weighted by molar-refractivity contribution is 7.15. The van der Waals surface area contributed by atoms with Gasteiger partial charge in [-0.3, -0.25) is 0 Å². The topological polar surface area (TPSA) is 114 Å². The predicted octanol–water partition coefficient (Wildman–Crippen LogP) is -0.0672. The summed E-state index contributed by atoms with van der Waals surface area (Å²) in [4.78, 5) is 5.73. The molecule has 0 aromatic carbocycles. The zero-order valence-corrected chi connectivity index (χ0v) is 10.4. The van der Waals surface area contributed by atoms with Crippen LogP contribution in [0, 0.1) is 0 Å². The number of nitrogen functional groups attached to an aromatic ring is 1. The molecule has 6 heteroatoms. The number of thiazole rings is 1. The van der Waals surface area contributed by atoms with Crippen LogP contribution in [-0.2, 0) is 12.8 Å². The maximum atomic E-state index is 5.69. The molecule has 5 nitrogen and oxygen atoms in total. The van der Waals surface area contributed by atoms with Crippen molar-refractivity contribution in [3.63, 3.8) is 0 Å². The van der Waals surface area contributed by atoms with Crippen molar-refractivity contribution in [3.8, 4) is 0 Å². The van der Waals surface area contributed by atoms with E-state index in [1.165, 1.54) is 23.4 Å². The van der Waals surface area contributed by atoms with Gasteiger partial charge in [-0.15, -0.1) is 11.3 Å². The lowest BCUT2D eigenvalue weighted by molar-refractivity contribution is 0.460. The predicted molar refractivity (Wildman–Crippen MR) is 67.9 cm³/mol. The summed E-state index contributed by atoms with van der Waals surface area (Å²) in [7, 11) is 0. The van der Waals surface area contributed by atoms with Gasteiger partial charge in [0, 0.05) is 10.9 Å². The minimum atomic E-state index is 0. The highest BCUT2D eigenvalue weighted by Gasteiger charge is 2.21. The van der Waals surface area contributed by atoms with Gasteiger partial charge >= 0.3 is 0 Å². The lowest BCUT2D eigenvalue weighted by atomic mass is 9.98. The molecule has 16 heavy (non-hydrogen) atoms. The maximum Gasteiger partial charge on any atom is 0.180 e. The molecule has 0 saturated carbocycles. The number of hydrogen-bond acceptors (Lipinski definition) is 4. The Labute approximate surface area is 99.7 Å². The summed E-state index contributed by atoms with van der Waals surface area (Å²) >= 11 is 1.65. The van der Waals surface area contributed by atoms with Crippen LogP contribution >= 0.6 is 11.3 Å². The Morgan fingerprint density at radius 1 is 1.50 bits per heavy atom. The molecular weight excluding hydrogens is 226 g/mol. The molecule has 1 aliphatic rings. The van der Waals surface area contributed by atoms with E-state index in [2.05, 4.69) is 17.2 Å². The quantitative estimate of drug-likeness (QED) is 0.779. The van der Waals surface area contributed by atoms with E-state index in [-0.39, 0.29) is 11.0 Å². The third-order valence-electron chi connectivity index (χ3n) is 2.64. The standard InChI is InChI=1S/C10H17N3S.2H2O/c1-2-5-12-7-3-4-8-9(6-7)14-10(11)13-8;;/h7,12H,2-6H2,1H3,(H2,11,13);2*1H2/t7-;;/m0../s1. The fraction of sp³-hybridized carbons (Fsp3) is 0.700. The molecule has 0 bridgehead atoms. The van der Waals surface area contributed by atoms with E-state index in [4.69, 9.17) is 5.73 Å². The molecule has 1 atom stereocenters. The first kappa shape index (κ1) is 15.3. The van der Waals surface area contributed by atoms with Crippen molar-refractivity contribution < 1.29 is 11.0 Å². The van der Waals surface area contributed by atoms with Crippen molar-refractivity contribution in [1.29, 1.82) is 0 Å². The van der Waals surface area contributed by atoms with Crippen LogP contribution in [0.4, 0.5) is 5.13 Å². The molecule has 1 aromatic rings. The second-order valence-corrected chi connectivity index (χ2v) is 4.93.